The molecular weight excluding hydrogens is 200 g/mol. The summed E-state index contributed by atoms with van der Waals surface area (Å²) in [4.78, 5) is 6.58. The number of aliphatic hydroxyl groups excluding tert-OH is 1. The van der Waals surface area contributed by atoms with Gasteiger partial charge in [-0.1, -0.05) is 12.5 Å². The molecule has 1 aromatic rings. The van der Waals surface area contributed by atoms with Crippen LogP contribution in [0.4, 0.5) is 0 Å². The van der Waals surface area contributed by atoms with Crippen molar-refractivity contribution in [3.8, 4) is 0 Å². The van der Waals surface area contributed by atoms with Gasteiger partial charge in [0.05, 0.1) is 5.69 Å². The normalized spacial score (nSPS) is 18.4. The molecule has 0 aliphatic heterocycles. The van der Waals surface area contributed by atoms with Gasteiger partial charge in [0.25, 0.3) is 0 Å². The molecule has 0 aromatic carbocycles. The van der Waals surface area contributed by atoms with Gasteiger partial charge in [0.1, 0.15) is 0 Å². The van der Waals surface area contributed by atoms with Crippen LogP contribution in [0.3, 0.4) is 0 Å². The summed E-state index contributed by atoms with van der Waals surface area (Å²) in [5.74, 6) is 0. The summed E-state index contributed by atoms with van der Waals surface area (Å²) >= 11 is 0. The Morgan fingerprint density at radius 2 is 2.25 bits per heavy atom. The van der Waals surface area contributed by atoms with Gasteiger partial charge in [0, 0.05) is 31.3 Å². The largest absolute Gasteiger partial charge is 0.396 e. The predicted molar refractivity (Wildman–Crippen MR) is 63.9 cm³/mol. The molecule has 0 bridgehead atoms. The third-order valence-corrected chi connectivity index (χ3v) is 3.51. The van der Waals surface area contributed by atoms with Crippen molar-refractivity contribution < 1.29 is 5.11 Å². The quantitative estimate of drug-likeness (QED) is 0.820. The fraction of sp³-hybridized carbons (Fsp3) is 0.615. The lowest BCUT2D eigenvalue weighted by Gasteiger charge is -2.42. The third-order valence-electron chi connectivity index (χ3n) is 3.51. The van der Waals surface area contributed by atoms with Gasteiger partial charge in [-0.05, 0) is 32.0 Å². The Hall–Kier alpha value is -0.930. The topological polar surface area (TPSA) is 36.4 Å². The van der Waals surface area contributed by atoms with E-state index in [2.05, 4.69) is 16.9 Å². The van der Waals surface area contributed by atoms with Crippen LogP contribution in [0.2, 0.25) is 0 Å². The van der Waals surface area contributed by atoms with Crippen molar-refractivity contribution in [2.24, 2.45) is 5.41 Å². The van der Waals surface area contributed by atoms with E-state index in [4.69, 9.17) is 0 Å². The summed E-state index contributed by atoms with van der Waals surface area (Å²) in [5.41, 5.74) is 1.26. The first-order chi connectivity index (χ1) is 7.74. The van der Waals surface area contributed by atoms with Crippen molar-refractivity contribution >= 4 is 0 Å². The van der Waals surface area contributed by atoms with E-state index in [1.54, 1.807) is 0 Å². The zero-order chi connectivity index (χ0) is 11.4. The molecule has 0 spiro atoms. The van der Waals surface area contributed by atoms with Gasteiger partial charge >= 0.3 is 0 Å². The second kappa shape index (κ2) is 4.93. The van der Waals surface area contributed by atoms with Crippen LogP contribution in [0.15, 0.2) is 24.4 Å². The number of aliphatic hydroxyl groups is 1. The number of rotatable bonds is 5. The first-order valence-corrected chi connectivity index (χ1v) is 5.93. The molecule has 1 fully saturated rings. The Balaban J connectivity index is 1.87. The Labute approximate surface area is 97.1 Å². The maximum atomic E-state index is 9.41. The Morgan fingerprint density at radius 3 is 2.75 bits per heavy atom. The second-order valence-electron chi connectivity index (χ2n) is 5.01. The van der Waals surface area contributed by atoms with Gasteiger partial charge in [0.15, 0.2) is 0 Å². The maximum absolute atomic E-state index is 9.41. The molecule has 2 rings (SSSR count). The molecule has 0 radical (unpaired) electrons. The number of nitrogens with zero attached hydrogens (tertiary/aromatic N) is 2. The molecule has 1 heterocycles. The summed E-state index contributed by atoms with van der Waals surface area (Å²) in [6.45, 7) is 2.15. The summed E-state index contributed by atoms with van der Waals surface area (Å²) in [5, 5.41) is 9.41. The molecule has 1 N–H and O–H groups in total. The average molecular weight is 220 g/mol. The van der Waals surface area contributed by atoms with E-state index in [0.717, 1.165) is 31.6 Å². The molecule has 0 unspecified atom stereocenters. The van der Waals surface area contributed by atoms with Crippen molar-refractivity contribution in [1.29, 1.82) is 0 Å². The highest BCUT2D eigenvalue weighted by Crippen LogP contribution is 2.40. The first kappa shape index (κ1) is 11.6. The average Bonchev–Trinajstić information content (AvgIpc) is 2.25. The van der Waals surface area contributed by atoms with Crippen molar-refractivity contribution in [2.45, 2.75) is 25.8 Å². The van der Waals surface area contributed by atoms with Gasteiger partial charge in [-0.3, -0.25) is 9.88 Å². The van der Waals surface area contributed by atoms with E-state index in [0.29, 0.717) is 6.61 Å². The van der Waals surface area contributed by atoms with E-state index in [1.807, 2.05) is 24.4 Å². The summed E-state index contributed by atoms with van der Waals surface area (Å²) < 4.78 is 0. The molecular formula is C13H20N2O. The fourth-order valence-corrected chi connectivity index (χ4v) is 2.44. The highest BCUT2D eigenvalue weighted by atomic mass is 16.3. The van der Waals surface area contributed by atoms with Crippen LogP contribution in [0, 0.1) is 5.41 Å². The summed E-state index contributed by atoms with van der Waals surface area (Å²) in [6, 6.07) is 5.99. The van der Waals surface area contributed by atoms with E-state index >= 15 is 0 Å². The monoisotopic (exact) mass is 220 g/mol. The number of hydrogen-bond donors (Lipinski definition) is 1. The maximum Gasteiger partial charge on any atom is 0.0543 e. The lowest BCUT2D eigenvalue weighted by Crippen LogP contribution is -2.43. The molecule has 1 aliphatic carbocycles. The minimum Gasteiger partial charge on any atom is -0.396 e. The highest BCUT2D eigenvalue weighted by Gasteiger charge is 2.37. The van der Waals surface area contributed by atoms with Gasteiger partial charge in [-0.15, -0.1) is 0 Å². The molecule has 0 atom stereocenters. The van der Waals surface area contributed by atoms with Gasteiger partial charge in [0.2, 0.25) is 0 Å². The molecule has 3 nitrogen and oxygen atoms in total. The smallest absolute Gasteiger partial charge is 0.0543 e. The van der Waals surface area contributed by atoms with Crippen LogP contribution in [-0.2, 0) is 6.54 Å². The van der Waals surface area contributed by atoms with Crippen LogP contribution in [-0.4, -0.2) is 35.2 Å². The van der Waals surface area contributed by atoms with Crippen LogP contribution < -0.4 is 0 Å². The standard InChI is InChI=1S/C13H20N2O/c1-15(9-12-5-2-3-8-14-12)10-13(11-16)6-4-7-13/h2-3,5,8,16H,4,6-7,9-11H2,1H3. The number of aromatic nitrogens is 1. The van der Waals surface area contributed by atoms with Crippen molar-refractivity contribution in [1.82, 2.24) is 9.88 Å². The van der Waals surface area contributed by atoms with Crippen LogP contribution >= 0.6 is 0 Å². The molecule has 0 saturated heterocycles. The first-order valence-electron chi connectivity index (χ1n) is 5.93. The molecule has 16 heavy (non-hydrogen) atoms. The third kappa shape index (κ3) is 2.60. The minimum atomic E-state index is 0.170. The van der Waals surface area contributed by atoms with E-state index in [1.165, 1.54) is 6.42 Å². The summed E-state index contributed by atoms with van der Waals surface area (Å²) in [7, 11) is 2.10. The molecule has 1 aliphatic rings. The second-order valence-corrected chi connectivity index (χ2v) is 5.01. The number of pyridine rings is 1. The Bertz CT molecular complexity index is 316. The van der Waals surface area contributed by atoms with E-state index in [-0.39, 0.29) is 5.41 Å². The zero-order valence-electron chi connectivity index (χ0n) is 9.89. The molecule has 0 amide bonds. The van der Waals surface area contributed by atoms with Gasteiger partial charge in [-0.25, -0.2) is 0 Å². The van der Waals surface area contributed by atoms with Gasteiger partial charge in [-0.2, -0.15) is 0 Å². The number of hydrogen-bond acceptors (Lipinski definition) is 3. The van der Waals surface area contributed by atoms with Crippen LogP contribution in [0.1, 0.15) is 25.0 Å². The van der Waals surface area contributed by atoms with Crippen molar-refractivity contribution in [3.05, 3.63) is 30.1 Å². The van der Waals surface area contributed by atoms with E-state index in [9.17, 15) is 5.11 Å². The van der Waals surface area contributed by atoms with E-state index < -0.39 is 0 Å². The SMILES string of the molecule is CN(Cc1ccccn1)CC1(CO)CCC1. The molecule has 1 aromatic heterocycles. The summed E-state index contributed by atoms with van der Waals surface area (Å²) in [6.07, 6.45) is 5.42. The Morgan fingerprint density at radius 1 is 1.44 bits per heavy atom. The van der Waals surface area contributed by atoms with Crippen molar-refractivity contribution in [2.75, 3.05) is 20.2 Å². The lowest BCUT2D eigenvalue weighted by atomic mass is 9.69. The Kier molecular flexibility index (Phi) is 3.56. The zero-order valence-corrected chi connectivity index (χ0v) is 9.89. The highest BCUT2D eigenvalue weighted by molar-refractivity contribution is 5.03. The van der Waals surface area contributed by atoms with Crippen molar-refractivity contribution in [3.63, 3.8) is 0 Å². The van der Waals surface area contributed by atoms with Gasteiger partial charge < -0.3 is 5.11 Å². The van der Waals surface area contributed by atoms with Crippen LogP contribution in [0.5, 0.6) is 0 Å². The molecule has 1 saturated carbocycles. The molecule has 3 heteroatoms. The minimum absolute atomic E-state index is 0.170. The van der Waals surface area contributed by atoms with Crippen LogP contribution in [0.25, 0.3) is 0 Å². The molecule has 88 valence electrons. The predicted octanol–water partition coefficient (Wildman–Crippen LogP) is 1.68. The fourth-order valence-electron chi connectivity index (χ4n) is 2.44. The lowest BCUT2D eigenvalue weighted by molar-refractivity contribution is 0.0125.